The van der Waals surface area contributed by atoms with Crippen molar-refractivity contribution in [2.24, 2.45) is 7.05 Å². The highest BCUT2D eigenvalue weighted by molar-refractivity contribution is 9.10. The third-order valence-corrected chi connectivity index (χ3v) is 5.04. The molecule has 0 bridgehead atoms. The maximum Gasteiger partial charge on any atom is 0.419 e. The smallest absolute Gasteiger partial charge is 0.408 e. The van der Waals surface area contributed by atoms with Gasteiger partial charge >= 0.3 is 5.76 Å². The number of benzene rings is 2. The van der Waals surface area contributed by atoms with Gasteiger partial charge in [0.05, 0.1) is 10.9 Å². The number of fused-ring (bicyclic) bond motifs is 1. The van der Waals surface area contributed by atoms with Crippen LogP contribution in [0.4, 0.5) is 0 Å². The lowest BCUT2D eigenvalue weighted by Crippen LogP contribution is -2.08. The third-order valence-electron chi connectivity index (χ3n) is 3.69. The Labute approximate surface area is 135 Å². The summed E-state index contributed by atoms with van der Waals surface area (Å²) >= 11 is 10.1. The highest BCUT2D eigenvalue weighted by atomic mass is 79.9. The van der Waals surface area contributed by atoms with Crippen LogP contribution in [0.1, 0.15) is 22.1 Å². The average Bonchev–Trinajstić information content (AvgIpc) is 2.76. The highest BCUT2D eigenvalue weighted by Crippen LogP contribution is 2.34. The molecule has 2 aromatic carbocycles. The lowest BCUT2D eigenvalue weighted by Gasteiger charge is -2.14. The number of aromatic nitrogens is 1. The van der Waals surface area contributed by atoms with Crippen molar-refractivity contribution in [3.63, 3.8) is 0 Å². The quantitative estimate of drug-likeness (QED) is 0.625. The van der Waals surface area contributed by atoms with Gasteiger partial charge in [0.25, 0.3) is 0 Å². The fourth-order valence-corrected chi connectivity index (χ4v) is 3.14. The molecule has 3 aromatic rings. The number of hydrogen-bond acceptors (Lipinski definition) is 2. The van der Waals surface area contributed by atoms with Gasteiger partial charge < -0.3 is 4.42 Å². The lowest BCUT2D eigenvalue weighted by atomic mass is 10.00. The molecule has 0 aliphatic carbocycles. The topological polar surface area (TPSA) is 35.1 Å². The minimum Gasteiger partial charge on any atom is -0.408 e. The fourth-order valence-electron chi connectivity index (χ4n) is 2.39. The summed E-state index contributed by atoms with van der Waals surface area (Å²) in [5.74, 6) is -0.369. The van der Waals surface area contributed by atoms with E-state index in [1.807, 2.05) is 43.3 Å². The Bertz CT molecular complexity index is 882. The SMILES string of the molecule is Cc1c(Br)cccc1C(Cl)c1ccc2c(c1)oc(=O)n2C. The van der Waals surface area contributed by atoms with Crippen LogP contribution in [0.15, 0.2) is 50.1 Å². The van der Waals surface area contributed by atoms with E-state index < -0.39 is 0 Å². The second-order valence-corrected chi connectivity index (χ2v) is 6.26. The van der Waals surface area contributed by atoms with E-state index in [-0.39, 0.29) is 11.1 Å². The van der Waals surface area contributed by atoms with E-state index in [0.717, 1.165) is 26.7 Å². The van der Waals surface area contributed by atoms with Crippen LogP contribution in [0.5, 0.6) is 0 Å². The summed E-state index contributed by atoms with van der Waals surface area (Å²) in [6.45, 7) is 2.02. The minimum absolute atomic E-state index is 0.294. The molecule has 5 heteroatoms. The number of rotatable bonds is 2. The Balaban J connectivity index is 2.11. The van der Waals surface area contributed by atoms with Gasteiger partial charge in [-0.15, -0.1) is 11.6 Å². The zero-order valence-electron chi connectivity index (χ0n) is 11.6. The van der Waals surface area contributed by atoms with Gasteiger partial charge in [-0.2, -0.15) is 0 Å². The van der Waals surface area contributed by atoms with Crippen molar-refractivity contribution in [1.29, 1.82) is 0 Å². The molecule has 108 valence electrons. The van der Waals surface area contributed by atoms with Gasteiger partial charge in [0.15, 0.2) is 5.58 Å². The molecule has 3 rings (SSSR count). The van der Waals surface area contributed by atoms with Crippen molar-refractivity contribution in [1.82, 2.24) is 4.57 Å². The second kappa shape index (κ2) is 5.35. The third kappa shape index (κ3) is 2.43. The molecule has 0 radical (unpaired) electrons. The van der Waals surface area contributed by atoms with Crippen LogP contribution in [0, 0.1) is 6.92 Å². The summed E-state index contributed by atoms with van der Waals surface area (Å²) in [6, 6.07) is 11.6. The monoisotopic (exact) mass is 365 g/mol. The number of hydrogen-bond donors (Lipinski definition) is 0. The average molecular weight is 367 g/mol. The van der Waals surface area contributed by atoms with Crippen molar-refractivity contribution in [3.05, 3.63) is 68.1 Å². The molecule has 0 spiro atoms. The predicted molar refractivity (Wildman–Crippen MR) is 88.0 cm³/mol. The summed E-state index contributed by atoms with van der Waals surface area (Å²) in [4.78, 5) is 11.5. The summed E-state index contributed by atoms with van der Waals surface area (Å²) < 4.78 is 7.72. The van der Waals surface area contributed by atoms with Crippen LogP contribution in [-0.4, -0.2) is 4.57 Å². The number of aryl methyl sites for hydroxylation is 1. The molecule has 0 N–H and O–H groups in total. The number of alkyl halides is 1. The van der Waals surface area contributed by atoms with Crippen LogP contribution >= 0.6 is 27.5 Å². The van der Waals surface area contributed by atoms with E-state index in [4.69, 9.17) is 16.0 Å². The first-order valence-corrected chi connectivity index (χ1v) is 7.70. The summed E-state index contributed by atoms with van der Waals surface area (Å²) in [5, 5.41) is -0.294. The maximum atomic E-state index is 11.5. The molecule has 0 aliphatic heterocycles. The Morgan fingerprint density at radius 2 is 2.05 bits per heavy atom. The van der Waals surface area contributed by atoms with E-state index >= 15 is 0 Å². The van der Waals surface area contributed by atoms with Gasteiger partial charge in [-0.05, 0) is 41.8 Å². The molecular weight excluding hydrogens is 354 g/mol. The molecule has 21 heavy (non-hydrogen) atoms. The largest absolute Gasteiger partial charge is 0.419 e. The van der Waals surface area contributed by atoms with E-state index in [1.165, 1.54) is 4.57 Å². The van der Waals surface area contributed by atoms with Crippen LogP contribution < -0.4 is 5.76 Å². The zero-order chi connectivity index (χ0) is 15.1. The summed E-state index contributed by atoms with van der Waals surface area (Å²) in [6.07, 6.45) is 0. The molecule has 0 amide bonds. The minimum atomic E-state index is -0.369. The van der Waals surface area contributed by atoms with Crippen molar-refractivity contribution in [2.75, 3.05) is 0 Å². The maximum absolute atomic E-state index is 11.5. The van der Waals surface area contributed by atoms with E-state index in [9.17, 15) is 4.79 Å². The van der Waals surface area contributed by atoms with Gasteiger partial charge in [0.2, 0.25) is 0 Å². The molecule has 1 heterocycles. The van der Waals surface area contributed by atoms with Gasteiger partial charge in [-0.25, -0.2) is 4.79 Å². The summed E-state index contributed by atoms with van der Waals surface area (Å²) in [7, 11) is 1.68. The standard InChI is InChI=1S/C16H13BrClNO2/c1-9-11(4-3-5-12(9)17)15(18)10-6-7-13-14(8-10)21-16(20)19(13)2/h3-8,15H,1-2H3. The van der Waals surface area contributed by atoms with Crippen LogP contribution in [-0.2, 0) is 7.05 Å². The lowest BCUT2D eigenvalue weighted by molar-refractivity contribution is 0.528. The van der Waals surface area contributed by atoms with Crippen molar-refractivity contribution in [3.8, 4) is 0 Å². The Morgan fingerprint density at radius 1 is 1.29 bits per heavy atom. The van der Waals surface area contributed by atoms with E-state index in [0.29, 0.717) is 5.58 Å². The van der Waals surface area contributed by atoms with Gasteiger partial charge in [0.1, 0.15) is 0 Å². The number of oxazole rings is 1. The normalized spacial score (nSPS) is 12.8. The molecular formula is C16H13BrClNO2. The van der Waals surface area contributed by atoms with Gasteiger partial charge in [-0.3, -0.25) is 4.57 Å². The molecule has 0 fully saturated rings. The van der Waals surface area contributed by atoms with Crippen molar-refractivity contribution < 1.29 is 4.42 Å². The second-order valence-electron chi connectivity index (χ2n) is 4.97. The Hall–Kier alpha value is -1.52. The van der Waals surface area contributed by atoms with E-state index in [2.05, 4.69) is 15.9 Å². The summed E-state index contributed by atoms with van der Waals surface area (Å²) in [5.41, 5.74) is 4.35. The van der Waals surface area contributed by atoms with Gasteiger partial charge in [0, 0.05) is 11.5 Å². The molecule has 0 aliphatic rings. The predicted octanol–water partition coefficient (Wildman–Crippen LogP) is 4.53. The number of halogens is 2. The first-order valence-electron chi connectivity index (χ1n) is 6.47. The first kappa shape index (κ1) is 14.4. The molecule has 0 saturated carbocycles. The molecule has 1 unspecified atom stereocenters. The molecule has 1 aromatic heterocycles. The highest BCUT2D eigenvalue weighted by Gasteiger charge is 2.16. The molecule has 1 atom stereocenters. The fraction of sp³-hybridized carbons (Fsp3) is 0.188. The first-order chi connectivity index (χ1) is 9.99. The van der Waals surface area contributed by atoms with E-state index in [1.54, 1.807) is 7.05 Å². The number of nitrogens with zero attached hydrogens (tertiary/aromatic N) is 1. The molecule has 3 nitrogen and oxygen atoms in total. The van der Waals surface area contributed by atoms with Crippen molar-refractivity contribution in [2.45, 2.75) is 12.3 Å². The van der Waals surface area contributed by atoms with Crippen LogP contribution in [0.25, 0.3) is 11.1 Å². The van der Waals surface area contributed by atoms with Crippen molar-refractivity contribution >= 4 is 38.6 Å². The van der Waals surface area contributed by atoms with Crippen LogP contribution in [0.3, 0.4) is 0 Å². The Morgan fingerprint density at radius 3 is 2.81 bits per heavy atom. The van der Waals surface area contributed by atoms with Crippen LogP contribution in [0.2, 0.25) is 0 Å². The molecule has 0 saturated heterocycles. The zero-order valence-corrected chi connectivity index (χ0v) is 13.9. The Kier molecular flexibility index (Phi) is 3.68. The van der Waals surface area contributed by atoms with Gasteiger partial charge in [-0.1, -0.05) is 34.1 Å².